The van der Waals surface area contributed by atoms with Crippen molar-refractivity contribution in [2.45, 2.75) is 45.1 Å². The maximum absolute atomic E-state index is 13.4. The second kappa shape index (κ2) is 8.90. The predicted octanol–water partition coefficient (Wildman–Crippen LogP) is 3.59. The predicted molar refractivity (Wildman–Crippen MR) is 118 cm³/mol. The highest BCUT2D eigenvalue weighted by atomic mass is 35.5. The topological polar surface area (TPSA) is 69.6 Å². The summed E-state index contributed by atoms with van der Waals surface area (Å²) >= 11 is 6.05. The molecule has 1 amide bonds. The fourth-order valence-corrected chi connectivity index (χ4v) is 4.66. The third-order valence-electron chi connectivity index (χ3n) is 6.11. The zero-order chi connectivity index (χ0) is 21.3. The van der Waals surface area contributed by atoms with E-state index < -0.39 is 6.10 Å². The SMILES string of the molecule is CC(C)CC(C(=O)N1CCN(c2ncnc3c2CCC3O)CC1)c1ccc(Cl)cc1. The first kappa shape index (κ1) is 21.1. The lowest BCUT2D eigenvalue weighted by Crippen LogP contribution is -2.50. The molecule has 2 heterocycles. The number of aliphatic hydroxyl groups excluding tert-OH is 1. The van der Waals surface area contributed by atoms with Crippen LogP contribution in [0.5, 0.6) is 0 Å². The fraction of sp³-hybridized carbons (Fsp3) is 0.522. The smallest absolute Gasteiger partial charge is 0.230 e. The maximum atomic E-state index is 13.4. The van der Waals surface area contributed by atoms with E-state index >= 15 is 0 Å². The first-order chi connectivity index (χ1) is 14.4. The van der Waals surface area contributed by atoms with Crippen molar-refractivity contribution in [3.8, 4) is 0 Å². The van der Waals surface area contributed by atoms with Crippen molar-refractivity contribution in [2.75, 3.05) is 31.1 Å². The summed E-state index contributed by atoms with van der Waals surface area (Å²) in [5.41, 5.74) is 2.85. The molecule has 0 spiro atoms. The highest BCUT2D eigenvalue weighted by Crippen LogP contribution is 2.35. The Morgan fingerprint density at radius 2 is 1.87 bits per heavy atom. The second-order valence-electron chi connectivity index (χ2n) is 8.66. The van der Waals surface area contributed by atoms with Gasteiger partial charge < -0.3 is 14.9 Å². The first-order valence-corrected chi connectivity index (χ1v) is 11.1. The zero-order valence-corrected chi connectivity index (χ0v) is 18.3. The van der Waals surface area contributed by atoms with Crippen LogP contribution in [0.25, 0.3) is 0 Å². The van der Waals surface area contributed by atoms with Gasteiger partial charge in [0.25, 0.3) is 0 Å². The molecule has 2 atom stereocenters. The van der Waals surface area contributed by atoms with Crippen LogP contribution >= 0.6 is 11.6 Å². The molecular weight excluding hydrogens is 400 g/mol. The number of carbonyl (C=O) groups excluding carboxylic acids is 1. The molecule has 1 N–H and O–H groups in total. The number of benzene rings is 1. The van der Waals surface area contributed by atoms with Crippen LogP contribution in [0.4, 0.5) is 5.82 Å². The summed E-state index contributed by atoms with van der Waals surface area (Å²) in [6.45, 7) is 7.11. The highest BCUT2D eigenvalue weighted by molar-refractivity contribution is 6.30. The van der Waals surface area contributed by atoms with Crippen molar-refractivity contribution < 1.29 is 9.90 Å². The van der Waals surface area contributed by atoms with Gasteiger partial charge in [-0.15, -0.1) is 0 Å². The molecule has 1 aliphatic heterocycles. The second-order valence-corrected chi connectivity index (χ2v) is 9.10. The molecule has 1 aliphatic carbocycles. The number of anilines is 1. The van der Waals surface area contributed by atoms with Crippen LogP contribution in [0.3, 0.4) is 0 Å². The van der Waals surface area contributed by atoms with E-state index in [9.17, 15) is 9.90 Å². The number of hydrogen-bond donors (Lipinski definition) is 1. The van der Waals surface area contributed by atoms with E-state index in [-0.39, 0.29) is 11.8 Å². The van der Waals surface area contributed by atoms with E-state index in [1.807, 2.05) is 29.2 Å². The number of rotatable bonds is 5. The summed E-state index contributed by atoms with van der Waals surface area (Å²) in [5.74, 6) is 1.38. The molecule has 4 rings (SSSR count). The number of hydrogen-bond acceptors (Lipinski definition) is 5. The van der Waals surface area contributed by atoms with Gasteiger partial charge in [-0.3, -0.25) is 4.79 Å². The summed E-state index contributed by atoms with van der Waals surface area (Å²) in [7, 11) is 0. The third-order valence-corrected chi connectivity index (χ3v) is 6.36. The Hall–Kier alpha value is -2.18. The molecule has 6 nitrogen and oxygen atoms in total. The number of amides is 1. The fourth-order valence-electron chi connectivity index (χ4n) is 4.54. The van der Waals surface area contributed by atoms with Gasteiger partial charge in [-0.05, 0) is 42.9 Å². The molecular formula is C23H29ClN4O2. The van der Waals surface area contributed by atoms with Gasteiger partial charge in [0.05, 0.1) is 17.7 Å². The summed E-state index contributed by atoms with van der Waals surface area (Å²) in [6.07, 6.45) is 3.38. The van der Waals surface area contributed by atoms with E-state index in [4.69, 9.17) is 11.6 Å². The lowest BCUT2D eigenvalue weighted by molar-refractivity contribution is -0.133. The Bertz CT molecular complexity index is 895. The van der Waals surface area contributed by atoms with Crippen LogP contribution in [0, 0.1) is 5.92 Å². The quantitative estimate of drug-likeness (QED) is 0.788. The number of aromatic nitrogens is 2. The molecule has 2 unspecified atom stereocenters. The van der Waals surface area contributed by atoms with Crippen molar-refractivity contribution >= 4 is 23.3 Å². The molecule has 0 bridgehead atoms. The first-order valence-electron chi connectivity index (χ1n) is 10.7. The zero-order valence-electron chi connectivity index (χ0n) is 17.6. The standard InChI is InChI=1S/C23H29ClN4O2/c1-15(2)13-19(16-3-5-17(24)6-4-16)23(30)28-11-9-27(10-12-28)22-18-7-8-20(29)21(18)25-14-26-22/h3-6,14-15,19-20,29H,7-13H2,1-2H3. The molecule has 30 heavy (non-hydrogen) atoms. The summed E-state index contributed by atoms with van der Waals surface area (Å²) in [4.78, 5) is 26.4. The van der Waals surface area contributed by atoms with Gasteiger partial charge in [-0.25, -0.2) is 9.97 Å². The van der Waals surface area contributed by atoms with Gasteiger partial charge in [0, 0.05) is 36.8 Å². The number of carbonyl (C=O) groups is 1. The van der Waals surface area contributed by atoms with Crippen LogP contribution in [0.15, 0.2) is 30.6 Å². The molecule has 0 saturated carbocycles. The molecule has 1 aromatic carbocycles. The van der Waals surface area contributed by atoms with E-state index in [2.05, 4.69) is 28.7 Å². The van der Waals surface area contributed by atoms with Crippen molar-refractivity contribution in [1.29, 1.82) is 0 Å². The van der Waals surface area contributed by atoms with Crippen LogP contribution < -0.4 is 4.90 Å². The van der Waals surface area contributed by atoms with Gasteiger partial charge in [0.2, 0.25) is 5.91 Å². The van der Waals surface area contributed by atoms with Crippen molar-refractivity contribution in [3.63, 3.8) is 0 Å². The molecule has 0 radical (unpaired) electrons. The van der Waals surface area contributed by atoms with Gasteiger partial charge in [-0.2, -0.15) is 0 Å². The molecule has 2 aromatic rings. The van der Waals surface area contributed by atoms with Gasteiger partial charge >= 0.3 is 0 Å². The molecule has 1 fully saturated rings. The number of nitrogens with zero attached hydrogens (tertiary/aromatic N) is 4. The Labute approximate surface area is 182 Å². The molecule has 2 aliphatic rings. The van der Waals surface area contributed by atoms with Crippen molar-refractivity contribution in [3.05, 3.63) is 52.4 Å². The number of aliphatic hydroxyl groups is 1. The Morgan fingerprint density at radius 3 is 2.53 bits per heavy atom. The summed E-state index contributed by atoms with van der Waals surface area (Å²) in [6, 6.07) is 7.66. The van der Waals surface area contributed by atoms with Crippen LogP contribution in [0.1, 0.15) is 55.5 Å². The summed E-state index contributed by atoms with van der Waals surface area (Å²) < 4.78 is 0. The molecule has 1 saturated heterocycles. The van der Waals surface area contributed by atoms with Crippen molar-refractivity contribution in [1.82, 2.24) is 14.9 Å². The lowest BCUT2D eigenvalue weighted by Gasteiger charge is -2.38. The highest BCUT2D eigenvalue weighted by Gasteiger charge is 2.32. The van der Waals surface area contributed by atoms with E-state index in [0.29, 0.717) is 30.5 Å². The Kier molecular flexibility index (Phi) is 6.25. The largest absolute Gasteiger partial charge is 0.387 e. The minimum absolute atomic E-state index is 0.146. The minimum Gasteiger partial charge on any atom is -0.387 e. The average molecular weight is 429 g/mol. The van der Waals surface area contributed by atoms with E-state index in [1.165, 1.54) is 0 Å². The van der Waals surface area contributed by atoms with Gasteiger partial charge in [0.1, 0.15) is 12.1 Å². The Morgan fingerprint density at radius 1 is 1.17 bits per heavy atom. The summed E-state index contributed by atoms with van der Waals surface area (Å²) in [5, 5.41) is 10.8. The lowest BCUT2D eigenvalue weighted by atomic mass is 9.89. The molecule has 160 valence electrons. The molecule has 7 heteroatoms. The van der Waals surface area contributed by atoms with Crippen LogP contribution in [0.2, 0.25) is 5.02 Å². The van der Waals surface area contributed by atoms with E-state index in [1.54, 1.807) is 6.33 Å². The number of fused-ring (bicyclic) bond motifs is 1. The minimum atomic E-state index is -0.485. The molecule has 1 aromatic heterocycles. The number of halogens is 1. The van der Waals surface area contributed by atoms with Gasteiger partial charge in [-0.1, -0.05) is 37.6 Å². The van der Waals surface area contributed by atoms with Crippen LogP contribution in [-0.2, 0) is 11.2 Å². The van der Waals surface area contributed by atoms with Crippen LogP contribution in [-0.4, -0.2) is 52.1 Å². The van der Waals surface area contributed by atoms with E-state index in [0.717, 1.165) is 48.6 Å². The Balaban J connectivity index is 1.46. The number of piperazine rings is 1. The normalized spacial score (nSPS) is 19.8. The monoisotopic (exact) mass is 428 g/mol. The maximum Gasteiger partial charge on any atom is 0.230 e. The average Bonchev–Trinajstić information content (AvgIpc) is 3.13. The van der Waals surface area contributed by atoms with Crippen molar-refractivity contribution in [2.24, 2.45) is 5.92 Å². The van der Waals surface area contributed by atoms with Gasteiger partial charge in [0.15, 0.2) is 0 Å². The third kappa shape index (κ3) is 4.30.